The number of carbonyl (C=O) groups is 1. The van der Waals surface area contributed by atoms with Crippen LogP contribution in [0.5, 0.6) is 5.75 Å². The maximum atomic E-state index is 12.8. The lowest BCUT2D eigenvalue weighted by Crippen LogP contribution is -2.30. The third-order valence-corrected chi connectivity index (χ3v) is 3.35. The first-order chi connectivity index (χ1) is 9.95. The lowest BCUT2D eigenvalue weighted by Gasteiger charge is -2.15. The second kappa shape index (κ2) is 6.59. The van der Waals surface area contributed by atoms with Crippen molar-refractivity contribution in [2.24, 2.45) is 0 Å². The first kappa shape index (κ1) is 15.3. The van der Waals surface area contributed by atoms with Gasteiger partial charge in [0.25, 0.3) is 5.91 Å². The molecule has 3 nitrogen and oxygen atoms in total. The predicted octanol–water partition coefficient (Wildman–Crippen LogP) is 4.19. The normalized spacial score (nSPS) is 11.8. The van der Waals surface area contributed by atoms with Crippen LogP contribution in [-0.4, -0.2) is 12.0 Å². The van der Waals surface area contributed by atoms with E-state index in [1.807, 2.05) is 6.92 Å². The summed E-state index contributed by atoms with van der Waals surface area (Å²) in [5.74, 6) is -0.0956. The fourth-order valence-electron chi connectivity index (χ4n) is 1.73. The van der Waals surface area contributed by atoms with Gasteiger partial charge in [-0.2, -0.15) is 0 Å². The number of amides is 1. The third-order valence-electron chi connectivity index (χ3n) is 2.92. The number of ether oxygens (including phenoxy) is 1. The van der Waals surface area contributed by atoms with E-state index in [9.17, 15) is 9.18 Å². The summed E-state index contributed by atoms with van der Waals surface area (Å²) in [6, 6.07) is 10.7. The van der Waals surface area contributed by atoms with Crippen molar-refractivity contribution in [1.29, 1.82) is 0 Å². The van der Waals surface area contributed by atoms with E-state index in [4.69, 9.17) is 16.3 Å². The number of hydrogen-bond donors (Lipinski definition) is 1. The molecule has 2 aromatic rings. The van der Waals surface area contributed by atoms with Crippen molar-refractivity contribution in [3.63, 3.8) is 0 Å². The molecule has 0 fully saturated rings. The van der Waals surface area contributed by atoms with Crippen LogP contribution in [0.15, 0.2) is 42.5 Å². The van der Waals surface area contributed by atoms with Gasteiger partial charge in [0, 0.05) is 10.7 Å². The highest BCUT2D eigenvalue weighted by atomic mass is 35.5. The molecule has 0 spiro atoms. The maximum Gasteiger partial charge on any atom is 0.265 e. The Balaban J connectivity index is 1.98. The largest absolute Gasteiger partial charge is 0.481 e. The molecule has 21 heavy (non-hydrogen) atoms. The van der Waals surface area contributed by atoms with Crippen LogP contribution in [0, 0.1) is 12.7 Å². The maximum absolute atomic E-state index is 12.8. The summed E-state index contributed by atoms with van der Waals surface area (Å²) in [5.41, 5.74) is 1.39. The van der Waals surface area contributed by atoms with E-state index in [1.165, 1.54) is 24.3 Å². The van der Waals surface area contributed by atoms with Crippen molar-refractivity contribution in [2.75, 3.05) is 5.32 Å². The van der Waals surface area contributed by atoms with E-state index >= 15 is 0 Å². The minimum atomic E-state index is -0.685. The van der Waals surface area contributed by atoms with E-state index in [0.717, 1.165) is 5.56 Å². The van der Waals surface area contributed by atoms with Crippen LogP contribution in [0.3, 0.4) is 0 Å². The second-order valence-corrected chi connectivity index (χ2v) is 5.07. The quantitative estimate of drug-likeness (QED) is 0.919. The average Bonchev–Trinajstić information content (AvgIpc) is 2.45. The van der Waals surface area contributed by atoms with Crippen LogP contribution in [-0.2, 0) is 4.79 Å². The van der Waals surface area contributed by atoms with Crippen LogP contribution in [0.4, 0.5) is 10.1 Å². The van der Waals surface area contributed by atoms with Crippen LogP contribution in [0.25, 0.3) is 0 Å². The molecule has 0 aromatic heterocycles. The Kier molecular flexibility index (Phi) is 4.81. The Bertz CT molecular complexity index is 643. The molecular formula is C16H15ClFNO2. The second-order valence-electron chi connectivity index (χ2n) is 4.67. The Labute approximate surface area is 127 Å². The SMILES string of the molecule is Cc1cc(OC(C)C(=O)Nc2ccc(F)cc2)ccc1Cl. The van der Waals surface area contributed by atoms with Gasteiger partial charge >= 0.3 is 0 Å². The van der Waals surface area contributed by atoms with Gasteiger partial charge < -0.3 is 10.1 Å². The van der Waals surface area contributed by atoms with E-state index in [-0.39, 0.29) is 11.7 Å². The number of carbonyl (C=O) groups excluding carboxylic acids is 1. The van der Waals surface area contributed by atoms with Gasteiger partial charge in [0.05, 0.1) is 0 Å². The van der Waals surface area contributed by atoms with Crippen LogP contribution in [0.1, 0.15) is 12.5 Å². The number of benzene rings is 2. The Morgan fingerprint density at radius 1 is 1.24 bits per heavy atom. The standard InChI is InChI=1S/C16H15ClFNO2/c1-10-9-14(7-8-15(10)17)21-11(2)16(20)19-13-5-3-12(18)4-6-13/h3-9,11H,1-2H3,(H,19,20). The average molecular weight is 308 g/mol. The Morgan fingerprint density at radius 3 is 2.52 bits per heavy atom. The fraction of sp³-hybridized carbons (Fsp3) is 0.188. The first-order valence-corrected chi connectivity index (χ1v) is 6.83. The van der Waals surface area contributed by atoms with Crippen molar-refractivity contribution >= 4 is 23.2 Å². The molecule has 0 aliphatic heterocycles. The van der Waals surface area contributed by atoms with Gasteiger partial charge in [-0.3, -0.25) is 4.79 Å². The molecule has 1 N–H and O–H groups in total. The summed E-state index contributed by atoms with van der Waals surface area (Å²) in [6.07, 6.45) is -0.685. The number of halogens is 2. The smallest absolute Gasteiger partial charge is 0.265 e. The number of rotatable bonds is 4. The van der Waals surface area contributed by atoms with E-state index in [0.29, 0.717) is 16.5 Å². The monoisotopic (exact) mass is 307 g/mol. The Morgan fingerprint density at radius 2 is 1.90 bits per heavy atom. The molecule has 1 atom stereocenters. The van der Waals surface area contributed by atoms with E-state index < -0.39 is 6.10 Å². The first-order valence-electron chi connectivity index (χ1n) is 6.45. The van der Waals surface area contributed by atoms with Gasteiger partial charge in [0.2, 0.25) is 0 Å². The van der Waals surface area contributed by atoms with Crippen molar-refractivity contribution < 1.29 is 13.9 Å². The van der Waals surface area contributed by atoms with Crippen LogP contribution in [0.2, 0.25) is 5.02 Å². The summed E-state index contributed by atoms with van der Waals surface area (Å²) in [6.45, 7) is 3.50. The number of anilines is 1. The van der Waals surface area contributed by atoms with Crippen molar-refractivity contribution in [3.05, 3.63) is 58.9 Å². The van der Waals surface area contributed by atoms with E-state index in [1.54, 1.807) is 25.1 Å². The molecule has 5 heteroatoms. The van der Waals surface area contributed by atoms with Gasteiger partial charge in [0.1, 0.15) is 11.6 Å². The summed E-state index contributed by atoms with van der Waals surface area (Å²) >= 11 is 5.93. The number of hydrogen-bond acceptors (Lipinski definition) is 2. The fourth-order valence-corrected chi connectivity index (χ4v) is 1.84. The van der Waals surface area contributed by atoms with Gasteiger partial charge in [-0.25, -0.2) is 4.39 Å². The van der Waals surface area contributed by atoms with Gasteiger partial charge in [-0.15, -0.1) is 0 Å². The lowest BCUT2D eigenvalue weighted by molar-refractivity contribution is -0.122. The number of nitrogens with one attached hydrogen (secondary N) is 1. The molecule has 0 aliphatic rings. The summed E-state index contributed by atoms with van der Waals surface area (Å²) in [4.78, 5) is 12.0. The molecule has 0 bridgehead atoms. The van der Waals surface area contributed by atoms with Crippen molar-refractivity contribution in [1.82, 2.24) is 0 Å². The molecule has 2 rings (SSSR count). The molecule has 0 saturated carbocycles. The zero-order valence-corrected chi connectivity index (χ0v) is 12.4. The molecular weight excluding hydrogens is 293 g/mol. The highest BCUT2D eigenvalue weighted by Crippen LogP contribution is 2.22. The summed E-state index contributed by atoms with van der Waals surface area (Å²) < 4.78 is 18.4. The summed E-state index contributed by atoms with van der Waals surface area (Å²) in [5, 5.41) is 3.30. The molecule has 0 aliphatic carbocycles. The lowest BCUT2D eigenvalue weighted by atomic mass is 10.2. The van der Waals surface area contributed by atoms with E-state index in [2.05, 4.69) is 5.32 Å². The minimum absolute atomic E-state index is 0.311. The molecule has 1 amide bonds. The zero-order chi connectivity index (χ0) is 15.4. The molecule has 1 unspecified atom stereocenters. The predicted molar refractivity (Wildman–Crippen MR) is 81.3 cm³/mol. The number of aryl methyl sites for hydroxylation is 1. The highest BCUT2D eigenvalue weighted by molar-refractivity contribution is 6.31. The molecule has 110 valence electrons. The molecule has 0 heterocycles. The van der Waals surface area contributed by atoms with Crippen molar-refractivity contribution in [3.8, 4) is 5.75 Å². The summed E-state index contributed by atoms with van der Waals surface area (Å²) in [7, 11) is 0. The molecule has 0 radical (unpaired) electrons. The zero-order valence-electron chi connectivity index (χ0n) is 11.7. The minimum Gasteiger partial charge on any atom is -0.481 e. The van der Waals surface area contributed by atoms with Crippen LogP contribution < -0.4 is 10.1 Å². The third kappa shape index (κ3) is 4.20. The molecule has 0 saturated heterocycles. The topological polar surface area (TPSA) is 38.3 Å². The van der Waals surface area contributed by atoms with Gasteiger partial charge in [-0.1, -0.05) is 11.6 Å². The molecule has 2 aromatic carbocycles. The van der Waals surface area contributed by atoms with Gasteiger partial charge in [-0.05, 0) is 61.9 Å². The highest BCUT2D eigenvalue weighted by Gasteiger charge is 2.15. The van der Waals surface area contributed by atoms with Crippen LogP contribution >= 0.6 is 11.6 Å². The van der Waals surface area contributed by atoms with Gasteiger partial charge in [0.15, 0.2) is 6.10 Å². The van der Waals surface area contributed by atoms with Crippen molar-refractivity contribution in [2.45, 2.75) is 20.0 Å². The Hall–Kier alpha value is -2.07.